The van der Waals surface area contributed by atoms with Crippen molar-refractivity contribution in [2.75, 3.05) is 7.05 Å². The molecule has 1 rings (SSSR count). The van der Waals surface area contributed by atoms with Gasteiger partial charge in [-0.2, -0.15) is 5.11 Å². The van der Waals surface area contributed by atoms with E-state index in [0.29, 0.717) is 0 Å². The summed E-state index contributed by atoms with van der Waals surface area (Å²) >= 11 is 4.53. The lowest BCUT2D eigenvalue weighted by Gasteiger charge is -2.16. The maximum atomic E-state index is 5.14. The molecule has 0 saturated carbocycles. The third-order valence-electron chi connectivity index (χ3n) is 1.44. The van der Waals surface area contributed by atoms with Crippen LogP contribution < -0.4 is 5.73 Å². The number of allylic oxidation sites excluding steroid dienone is 3. The van der Waals surface area contributed by atoms with Crippen molar-refractivity contribution < 1.29 is 0 Å². The van der Waals surface area contributed by atoms with Crippen molar-refractivity contribution in [3.63, 3.8) is 0 Å². The quantitative estimate of drug-likeness (QED) is 0.509. The molecule has 5 heteroatoms. The zero-order valence-corrected chi connectivity index (χ0v) is 8.03. The van der Waals surface area contributed by atoms with Crippen LogP contribution in [0, 0.1) is 0 Å². The maximum Gasteiger partial charge on any atom is 0.211 e. The molecule has 0 radical (unpaired) electrons. The Labute approximate surface area is 82.1 Å². The number of rotatable bonds is 1. The highest BCUT2D eigenvalue weighted by Gasteiger charge is 1.98. The van der Waals surface area contributed by atoms with Gasteiger partial charge in [-0.15, -0.1) is 5.11 Å². The SMILES string of the molecule is CN1C=CC=C/C1=C/N=NC(N)=S. The van der Waals surface area contributed by atoms with Crippen LogP contribution >= 0.6 is 12.2 Å². The lowest BCUT2D eigenvalue weighted by Crippen LogP contribution is -2.09. The number of nitrogens with zero attached hydrogens (tertiary/aromatic N) is 3. The van der Waals surface area contributed by atoms with E-state index in [0.717, 1.165) is 5.70 Å². The van der Waals surface area contributed by atoms with Gasteiger partial charge in [0.25, 0.3) is 0 Å². The van der Waals surface area contributed by atoms with Gasteiger partial charge < -0.3 is 10.6 Å². The molecule has 0 spiro atoms. The molecule has 1 aliphatic rings. The lowest BCUT2D eigenvalue weighted by atomic mass is 10.3. The molecule has 0 bridgehead atoms. The fraction of sp³-hybridized carbons (Fsp3) is 0.125. The van der Waals surface area contributed by atoms with Gasteiger partial charge in [0.15, 0.2) is 0 Å². The number of nitrogens with two attached hydrogens (primary N) is 1. The highest BCUT2D eigenvalue weighted by molar-refractivity contribution is 7.80. The Bertz CT molecular complexity index is 314. The molecule has 0 aliphatic carbocycles. The molecule has 4 nitrogen and oxygen atoms in total. The van der Waals surface area contributed by atoms with Crippen LogP contribution in [0.15, 0.2) is 46.6 Å². The molecule has 68 valence electrons. The molecule has 0 amide bonds. The molecule has 1 aliphatic heterocycles. The second-order valence-electron chi connectivity index (χ2n) is 2.42. The minimum Gasteiger partial charge on any atom is -0.373 e. The molecule has 0 unspecified atom stereocenters. The van der Waals surface area contributed by atoms with Crippen LogP contribution in [0.25, 0.3) is 0 Å². The summed E-state index contributed by atoms with van der Waals surface area (Å²) in [6.07, 6.45) is 9.28. The van der Waals surface area contributed by atoms with Gasteiger partial charge in [-0.05, 0) is 24.4 Å². The number of azo groups is 1. The second-order valence-corrected chi connectivity index (χ2v) is 2.84. The van der Waals surface area contributed by atoms with E-state index in [1.54, 1.807) is 6.20 Å². The molecular formula is C8H10N4S. The molecule has 0 fully saturated rings. The van der Waals surface area contributed by atoms with E-state index in [1.807, 2.05) is 36.4 Å². The molecular weight excluding hydrogens is 184 g/mol. The lowest BCUT2D eigenvalue weighted by molar-refractivity contribution is 0.581. The van der Waals surface area contributed by atoms with E-state index in [1.165, 1.54) is 0 Å². The first kappa shape index (κ1) is 9.60. The predicted octanol–water partition coefficient (Wildman–Crippen LogP) is 1.54. The van der Waals surface area contributed by atoms with Crippen LogP contribution in [0.4, 0.5) is 0 Å². The molecule has 0 aromatic heterocycles. The monoisotopic (exact) mass is 194 g/mol. The number of likely N-dealkylation sites (N-methyl/N-ethyl adjacent to an activating group) is 1. The molecule has 2 N–H and O–H groups in total. The van der Waals surface area contributed by atoms with E-state index in [9.17, 15) is 0 Å². The van der Waals surface area contributed by atoms with Crippen LogP contribution in [0.2, 0.25) is 0 Å². The molecule has 0 atom stereocenters. The standard InChI is InChI=1S/C8H10N4S/c1-12-5-3-2-4-7(12)6-10-11-8(9)13/h2-6H,1H3,(H2,9,13)/b7-6-,11-10?. The smallest absolute Gasteiger partial charge is 0.211 e. The number of thiocarbonyl (C=S) groups is 1. The second kappa shape index (κ2) is 4.51. The first-order chi connectivity index (χ1) is 6.20. The fourth-order valence-electron chi connectivity index (χ4n) is 0.816. The Morgan fingerprint density at radius 1 is 1.62 bits per heavy atom. The maximum absolute atomic E-state index is 5.14. The van der Waals surface area contributed by atoms with Gasteiger partial charge in [-0.3, -0.25) is 0 Å². The van der Waals surface area contributed by atoms with E-state index >= 15 is 0 Å². The summed E-state index contributed by atoms with van der Waals surface area (Å²) in [5.74, 6) is 0. The van der Waals surface area contributed by atoms with Crippen LogP contribution in [0.3, 0.4) is 0 Å². The molecule has 13 heavy (non-hydrogen) atoms. The fourth-order valence-corrected chi connectivity index (χ4v) is 0.863. The van der Waals surface area contributed by atoms with Crippen molar-refractivity contribution in [3.8, 4) is 0 Å². The summed E-state index contributed by atoms with van der Waals surface area (Å²) in [4.78, 5) is 1.92. The average Bonchev–Trinajstić information content (AvgIpc) is 2.08. The van der Waals surface area contributed by atoms with E-state index in [2.05, 4.69) is 22.4 Å². The summed E-state index contributed by atoms with van der Waals surface area (Å²) in [6, 6.07) is 0. The average molecular weight is 194 g/mol. The molecule has 0 aromatic rings. The minimum absolute atomic E-state index is 0.0369. The third kappa shape index (κ3) is 3.16. The Morgan fingerprint density at radius 3 is 3.00 bits per heavy atom. The molecule has 1 heterocycles. The minimum atomic E-state index is 0.0369. The van der Waals surface area contributed by atoms with Crippen molar-refractivity contribution in [3.05, 3.63) is 36.3 Å². The Balaban J connectivity index is 2.66. The summed E-state index contributed by atoms with van der Waals surface area (Å²) in [5.41, 5.74) is 6.07. The van der Waals surface area contributed by atoms with Gasteiger partial charge in [0.1, 0.15) is 0 Å². The molecule has 0 saturated heterocycles. The van der Waals surface area contributed by atoms with E-state index in [-0.39, 0.29) is 5.11 Å². The predicted molar refractivity (Wildman–Crippen MR) is 55.8 cm³/mol. The van der Waals surface area contributed by atoms with Gasteiger partial charge in [0.2, 0.25) is 5.11 Å². The summed E-state index contributed by atoms with van der Waals surface area (Å²) in [7, 11) is 1.92. The third-order valence-corrected chi connectivity index (χ3v) is 1.52. The van der Waals surface area contributed by atoms with Crippen molar-refractivity contribution >= 4 is 17.3 Å². The Kier molecular flexibility index (Phi) is 3.33. The van der Waals surface area contributed by atoms with Crippen molar-refractivity contribution in [1.82, 2.24) is 4.90 Å². The Morgan fingerprint density at radius 2 is 2.38 bits per heavy atom. The summed E-state index contributed by atoms with van der Waals surface area (Å²) < 4.78 is 0. The normalized spacial score (nSPS) is 18.8. The number of hydrogen-bond acceptors (Lipinski definition) is 3. The van der Waals surface area contributed by atoms with Gasteiger partial charge in [-0.1, -0.05) is 6.08 Å². The van der Waals surface area contributed by atoms with E-state index in [4.69, 9.17) is 5.73 Å². The first-order valence-electron chi connectivity index (χ1n) is 3.68. The van der Waals surface area contributed by atoms with Gasteiger partial charge in [-0.25, -0.2) is 0 Å². The Hall–Kier alpha value is -1.49. The van der Waals surface area contributed by atoms with Crippen LogP contribution in [-0.2, 0) is 0 Å². The largest absolute Gasteiger partial charge is 0.373 e. The topological polar surface area (TPSA) is 54.0 Å². The first-order valence-corrected chi connectivity index (χ1v) is 4.09. The highest BCUT2D eigenvalue weighted by atomic mass is 32.1. The van der Waals surface area contributed by atoms with Gasteiger partial charge >= 0.3 is 0 Å². The van der Waals surface area contributed by atoms with Crippen molar-refractivity contribution in [2.24, 2.45) is 16.0 Å². The summed E-state index contributed by atoms with van der Waals surface area (Å²) in [6.45, 7) is 0. The van der Waals surface area contributed by atoms with Crippen molar-refractivity contribution in [1.29, 1.82) is 0 Å². The highest BCUT2D eigenvalue weighted by Crippen LogP contribution is 2.09. The summed E-state index contributed by atoms with van der Waals surface area (Å²) in [5, 5.41) is 7.28. The van der Waals surface area contributed by atoms with Crippen molar-refractivity contribution in [2.45, 2.75) is 0 Å². The number of hydrogen-bond donors (Lipinski definition) is 1. The van der Waals surface area contributed by atoms with Crippen LogP contribution in [-0.4, -0.2) is 17.1 Å². The van der Waals surface area contributed by atoms with Gasteiger partial charge in [0.05, 0.1) is 11.9 Å². The van der Waals surface area contributed by atoms with E-state index < -0.39 is 0 Å². The van der Waals surface area contributed by atoms with Gasteiger partial charge in [0, 0.05) is 13.2 Å². The van der Waals surface area contributed by atoms with Crippen LogP contribution in [0.1, 0.15) is 0 Å². The zero-order valence-electron chi connectivity index (χ0n) is 7.21. The van der Waals surface area contributed by atoms with Crippen LogP contribution in [0.5, 0.6) is 0 Å². The zero-order chi connectivity index (χ0) is 9.68. The molecule has 0 aromatic carbocycles.